The second kappa shape index (κ2) is 8.87. The fourth-order valence-corrected chi connectivity index (χ4v) is 2.43. The predicted molar refractivity (Wildman–Crippen MR) is 105 cm³/mol. The number of nitrogen functional groups attached to an aromatic ring is 1. The van der Waals surface area contributed by atoms with Gasteiger partial charge < -0.3 is 0 Å². The molecule has 0 aliphatic rings. The minimum atomic E-state index is -0.169. The molecule has 6 nitrogen and oxygen atoms in total. The number of rotatable bonds is 8. The maximum atomic E-state index is 13.0. The number of carbonyl (C=O) groups is 1. The van der Waals surface area contributed by atoms with Gasteiger partial charge in [0.1, 0.15) is 0 Å². The van der Waals surface area contributed by atoms with E-state index < -0.39 is 0 Å². The number of hydrogen-bond acceptors (Lipinski definition) is 5. The van der Waals surface area contributed by atoms with Gasteiger partial charge in [-0.3, -0.25) is 0 Å². The monoisotopic (exact) mass is 338 g/mol. The number of nitrogens with zero attached hydrogens (tertiary/aromatic N) is 2. The first-order valence-corrected chi connectivity index (χ1v) is 8.17. The van der Waals surface area contributed by atoms with Crippen LogP contribution in [0.3, 0.4) is 0 Å². The number of benzene rings is 1. The number of aromatic nitrogens is 1. The summed E-state index contributed by atoms with van der Waals surface area (Å²) in [5, 5.41) is 2.99. The number of hydrogen-bond donors (Lipinski definition) is 2. The summed E-state index contributed by atoms with van der Waals surface area (Å²) in [6.07, 6.45) is 2.19. The van der Waals surface area contributed by atoms with Crippen molar-refractivity contribution < 1.29 is 9.53 Å². The summed E-state index contributed by atoms with van der Waals surface area (Å²) in [4.78, 5) is 18.9. The second-order valence-corrected chi connectivity index (χ2v) is 5.42. The molecule has 0 atom stereocenters. The molecule has 3 N–H and O–H groups in total. The third-order valence-corrected chi connectivity index (χ3v) is 3.70. The van der Waals surface area contributed by atoms with E-state index in [-0.39, 0.29) is 5.91 Å². The van der Waals surface area contributed by atoms with Gasteiger partial charge in [0.2, 0.25) is 0 Å². The zero-order valence-corrected chi connectivity index (χ0v) is 14.7. The molecule has 25 heavy (non-hydrogen) atoms. The quantitative estimate of drug-likeness (QED) is 0.567. The van der Waals surface area contributed by atoms with Gasteiger partial charge in [0.15, 0.2) is 0 Å². The zero-order chi connectivity index (χ0) is 18.2. The molecule has 0 saturated heterocycles. The van der Waals surface area contributed by atoms with Crippen molar-refractivity contribution in [2.24, 2.45) is 0 Å². The standard InChI is InChI=1S/C18H23BN4O2/c1-3-25-16(19)9-11-23(17-6-4-5-10-22-17)18(24)13-7-8-15(21-2)14(20)12-13/h4-8,10,12,19,21H,3,9,11,20H2,1-2H3. The van der Waals surface area contributed by atoms with Crippen LogP contribution in [-0.4, -0.2) is 44.2 Å². The van der Waals surface area contributed by atoms with Gasteiger partial charge in [0.25, 0.3) is 0 Å². The summed E-state index contributed by atoms with van der Waals surface area (Å²) in [5.41, 5.74) is 8.44. The Hall–Kier alpha value is -2.83. The molecule has 0 fully saturated rings. The van der Waals surface area contributed by atoms with E-state index in [4.69, 9.17) is 10.5 Å². The summed E-state index contributed by atoms with van der Waals surface area (Å²) in [6.45, 7) is 2.87. The van der Waals surface area contributed by atoms with Crippen LogP contribution in [0, 0.1) is 0 Å². The van der Waals surface area contributed by atoms with E-state index in [2.05, 4.69) is 17.8 Å². The first kappa shape index (κ1) is 18.5. The van der Waals surface area contributed by atoms with Crippen molar-refractivity contribution in [1.82, 2.24) is 4.98 Å². The number of nitrogens with two attached hydrogens (primary N) is 1. The molecule has 0 radical (unpaired) electrons. The summed E-state index contributed by atoms with van der Waals surface area (Å²) >= 11 is 0. The Kier molecular flexibility index (Phi) is 6.57. The van der Waals surface area contributed by atoms with E-state index in [0.717, 1.165) is 5.69 Å². The van der Waals surface area contributed by atoms with Crippen molar-refractivity contribution in [3.8, 4) is 0 Å². The van der Waals surface area contributed by atoms with Crippen molar-refractivity contribution in [2.75, 3.05) is 36.1 Å². The van der Waals surface area contributed by atoms with Crippen molar-refractivity contribution in [3.05, 3.63) is 48.2 Å². The summed E-state index contributed by atoms with van der Waals surface area (Å²) in [5.74, 6) is 0.408. The Morgan fingerprint density at radius 2 is 2.16 bits per heavy atom. The van der Waals surface area contributed by atoms with Crippen LogP contribution in [0.1, 0.15) is 23.7 Å². The Morgan fingerprint density at radius 3 is 2.76 bits per heavy atom. The average molecular weight is 338 g/mol. The van der Waals surface area contributed by atoms with Crippen LogP contribution < -0.4 is 16.0 Å². The molecule has 1 amide bonds. The molecule has 0 saturated carbocycles. The molecule has 1 heterocycles. The van der Waals surface area contributed by atoms with E-state index >= 15 is 0 Å². The number of amides is 1. The SMILES string of the molecule is B=C(CCN(C(=O)c1ccc(NC)c(N)c1)c1ccccn1)OCC. The summed E-state index contributed by atoms with van der Waals surface area (Å²) in [7, 11) is 5.65. The normalized spacial score (nSPS) is 10.1. The van der Waals surface area contributed by atoms with E-state index in [9.17, 15) is 4.79 Å². The first-order valence-electron chi connectivity index (χ1n) is 8.17. The Balaban J connectivity index is 2.26. The van der Waals surface area contributed by atoms with Crippen LogP contribution in [-0.2, 0) is 4.74 Å². The van der Waals surface area contributed by atoms with Gasteiger partial charge >= 0.3 is 148 Å². The second-order valence-electron chi connectivity index (χ2n) is 5.42. The average Bonchev–Trinajstić information content (AvgIpc) is 2.62. The van der Waals surface area contributed by atoms with Gasteiger partial charge in [-0.05, 0) is 0 Å². The third-order valence-electron chi connectivity index (χ3n) is 3.70. The number of carbonyl (C=O) groups excluding carboxylic acids is 1. The minimum absolute atomic E-state index is 0.169. The van der Waals surface area contributed by atoms with Gasteiger partial charge in [-0.25, -0.2) is 0 Å². The Bertz CT molecular complexity index is 737. The number of ether oxygens (including phenoxy) is 1. The molecule has 0 bridgehead atoms. The van der Waals surface area contributed by atoms with Crippen LogP contribution in [0.25, 0.3) is 0 Å². The molecule has 0 aliphatic heterocycles. The van der Waals surface area contributed by atoms with Crippen molar-refractivity contribution in [2.45, 2.75) is 13.3 Å². The van der Waals surface area contributed by atoms with Crippen molar-refractivity contribution >= 4 is 36.2 Å². The van der Waals surface area contributed by atoms with E-state index in [1.165, 1.54) is 0 Å². The molecular weight excluding hydrogens is 315 g/mol. The molecular formula is C18H23BN4O2. The molecule has 1 aromatic heterocycles. The van der Waals surface area contributed by atoms with Crippen LogP contribution >= 0.6 is 0 Å². The molecule has 2 rings (SSSR count). The molecule has 0 unspecified atom stereocenters. The van der Waals surface area contributed by atoms with Crippen LogP contribution in [0.5, 0.6) is 0 Å². The topological polar surface area (TPSA) is 80.5 Å². The van der Waals surface area contributed by atoms with Gasteiger partial charge in [-0.2, -0.15) is 0 Å². The van der Waals surface area contributed by atoms with E-state index in [1.54, 1.807) is 42.4 Å². The fourth-order valence-electron chi connectivity index (χ4n) is 2.43. The number of pyridine rings is 1. The van der Waals surface area contributed by atoms with Crippen LogP contribution in [0.15, 0.2) is 42.6 Å². The van der Waals surface area contributed by atoms with Crippen molar-refractivity contribution in [3.63, 3.8) is 0 Å². The van der Waals surface area contributed by atoms with Crippen LogP contribution in [0.4, 0.5) is 17.2 Å². The van der Waals surface area contributed by atoms with Gasteiger partial charge in [0.05, 0.1) is 0 Å². The van der Waals surface area contributed by atoms with Crippen molar-refractivity contribution in [1.29, 1.82) is 0 Å². The summed E-state index contributed by atoms with van der Waals surface area (Å²) < 4.78 is 5.38. The molecule has 130 valence electrons. The first-order chi connectivity index (χ1) is 12.1. The number of anilines is 3. The van der Waals surface area contributed by atoms with E-state index in [1.807, 2.05) is 19.1 Å². The number of nitrogens with one attached hydrogen (secondary N) is 1. The van der Waals surface area contributed by atoms with E-state index in [0.29, 0.717) is 42.3 Å². The Morgan fingerprint density at radius 1 is 1.36 bits per heavy atom. The maximum absolute atomic E-state index is 13.0. The molecule has 7 heteroatoms. The van der Waals surface area contributed by atoms with Gasteiger partial charge in [-0.1, -0.05) is 0 Å². The fraction of sp³-hybridized carbons (Fsp3) is 0.278. The van der Waals surface area contributed by atoms with Gasteiger partial charge in [-0.15, -0.1) is 0 Å². The molecule has 0 aliphatic carbocycles. The third kappa shape index (κ3) is 4.82. The van der Waals surface area contributed by atoms with Gasteiger partial charge in [0, 0.05) is 0 Å². The predicted octanol–water partition coefficient (Wildman–Crippen LogP) is 1.81. The van der Waals surface area contributed by atoms with Crippen LogP contribution in [0.2, 0.25) is 0 Å². The summed E-state index contributed by atoms with van der Waals surface area (Å²) in [6, 6.07) is 10.7. The zero-order valence-electron chi connectivity index (χ0n) is 14.7. The Labute approximate surface area is 149 Å². The molecule has 1 aromatic carbocycles. The molecule has 0 spiro atoms. The molecule has 2 aromatic rings.